The fourth-order valence-electron chi connectivity index (χ4n) is 2.19. The van der Waals surface area contributed by atoms with Crippen molar-refractivity contribution in [1.82, 2.24) is 20.4 Å². The van der Waals surface area contributed by atoms with Crippen molar-refractivity contribution in [1.29, 1.82) is 0 Å². The number of carbonyl (C=O) groups excluding carboxylic acids is 2. The Hall–Kier alpha value is -2.09. The van der Waals surface area contributed by atoms with Gasteiger partial charge in [-0.15, -0.1) is 11.6 Å². The van der Waals surface area contributed by atoms with Crippen molar-refractivity contribution in [3.63, 3.8) is 0 Å². The number of halogens is 1. The molecule has 2 amide bonds. The number of rotatable bonds is 4. The lowest BCUT2D eigenvalue weighted by Gasteiger charge is -2.31. The molecule has 1 fully saturated rings. The van der Waals surface area contributed by atoms with Gasteiger partial charge in [0.1, 0.15) is 12.3 Å². The van der Waals surface area contributed by atoms with Gasteiger partial charge in [-0.1, -0.05) is 0 Å². The maximum atomic E-state index is 12.2. The summed E-state index contributed by atoms with van der Waals surface area (Å²) in [4.78, 5) is 36.2. The summed E-state index contributed by atoms with van der Waals surface area (Å²) in [5.74, 6) is 0.0198. The van der Waals surface area contributed by atoms with Gasteiger partial charge in [-0.3, -0.25) is 9.59 Å². The number of aromatic amines is 1. The molecule has 22 heavy (non-hydrogen) atoms. The van der Waals surface area contributed by atoms with Crippen LogP contribution in [0.2, 0.25) is 0 Å². The van der Waals surface area contributed by atoms with Gasteiger partial charge in [0.05, 0.1) is 5.88 Å². The second-order valence-corrected chi connectivity index (χ2v) is 5.22. The zero-order valence-electron chi connectivity index (χ0n) is 11.9. The van der Waals surface area contributed by atoms with Gasteiger partial charge in [0, 0.05) is 25.2 Å². The van der Waals surface area contributed by atoms with E-state index >= 15 is 0 Å². The molecule has 0 atom stereocenters. The number of alkyl halides is 1. The second-order valence-electron chi connectivity index (χ2n) is 4.84. The third-order valence-corrected chi connectivity index (χ3v) is 3.47. The standard InChI is InChI=1S/C13H17ClN4O4/c14-5-8-22-13(21)15-9-3-6-18(7-4-9)12(20)10-1-2-11(19)17-16-10/h1-2,9H,3-8H2,(H,15,21)(H,17,19). The van der Waals surface area contributed by atoms with E-state index in [0.717, 1.165) is 0 Å². The summed E-state index contributed by atoms with van der Waals surface area (Å²) in [6.07, 6.45) is 0.767. The first kappa shape index (κ1) is 16.3. The number of piperidine rings is 1. The second kappa shape index (κ2) is 7.79. The van der Waals surface area contributed by atoms with Crippen molar-refractivity contribution in [2.75, 3.05) is 25.6 Å². The number of hydrogen-bond donors (Lipinski definition) is 2. The Morgan fingerprint density at radius 1 is 1.41 bits per heavy atom. The minimum absolute atomic E-state index is 0.0320. The largest absolute Gasteiger partial charge is 0.448 e. The molecule has 2 N–H and O–H groups in total. The van der Waals surface area contributed by atoms with E-state index in [2.05, 4.69) is 15.5 Å². The molecular weight excluding hydrogens is 312 g/mol. The van der Waals surface area contributed by atoms with Crippen LogP contribution >= 0.6 is 11.6 Å². The van der Waals surface area contributed by atoms with E-state index in [9.17, 15) is 14.4 Å². The van der Waals surface area contributed by atoms with Crippen LogP contribution in [0.3, 0.4) is 0 Å². The maximum Gasteiger partial charge on any atom is 0.407 e. The molecule has 1 aromatic heterocycles. The normalized spacial score (nSPS) is 15.4. The number of alkyl carbamates (subject to hydrolysis) is 1. The molecule has 0 aromatic carbocycles. The minimum Gasteiger partial charge on any atom is -0.448 e. The van der Waals surface area contributed by atoms with E-state index in [-0.39, 0.29) is 35.7 Å². The summed E-state index contributed by atoms with van der Waals surface area (Å²) in [6.45, 7) is 1.17. The molecule has 1 aliphatic heterocycles. The van der Waals surface area contributed by atoms with Gasteiger partial charge >= 0.3 is 6.09 Å². The Bertz CT molecular complexity index is 563. The lowest BCUT2D eigenvalue weighted by molar-refractivity contribution is 0.0695. The highest BCUT2D eigenvalue weighted by molar-refractivity contribution is 6.18. The van der Waals surface area contributed by atoms with E-state index in [1.807, 2.05) is 0 Å². The number of aromatic nitrogens is 2. The van der Waals surface area contributed by atoms with Crippen molar-refractivity contribution in [3.05, 3.63) is 28.2 Å². The van der Waals surface area contributed by atoms with Crippen LogP contribution < -0.4 is 10.9 Å². The van der Waals surface area contributed by atoms with Gasteiger partial charge in [-0.25, -0.2) is 9.89 Å². The van der Waals surface area contributed by atoms with Gasteiger partial charge in [-0.2, -0.15) is 5.10 Å². The van der Waals surface area contributed by atoms with Gasteiger partial charge in [0.25, 0.3) is 11.5 Å². The molecule has 1 saturated heterocycles. The van der Waals surface area contributed by atoms with Crippen LogP contribution in [0, 0.1) is 0 Å². The molecule has 0 spiro atoms. The first-order valence-corrected chi connectivity index (χ1v) is 7.48. The van der Waals surface area contributed by atoms with E-state index in [0.29, 0.717) is 25.9 Å². The monoisotopic (exact) mass is 328 g/mol. The van der Waals surface area contributed by atoms with Crippen LogP contribution in [0.4, 0.5) is 4.79 Å². The number of nitrogens with zero attached hydrogens (tertiary/aromatic N) is 2. The third-order valence-electron chi connectivity index (χ3n) is 3.31. The smallest absolute Gasteiger partial charge is 0.407 e. The van der Waals surface area contributed by atoms with Crippen LogP contribution in [0.25, 0.3) is 0 Å². The molecule has 2 heterocycles. The summed E-state index contributed by atoms with van der Waals surface area (Å²) >= 11 is 5.43. The fourth-order valence-corrected chi connectivity index (χ4v) is 2.27. The van der Waals surface area contributed by atoms with Crippen molar-refractivity contribution < 1.29 is 14.3 Å². The Morgan fingerprint density at radius 2 is 2.14 bits per heavy atom. The molecule has 2 rings (SSSR count). The minimum atomic E-state index is -0.493. The molecule has 0 bridgehead atoms. The first-order chi connectivity index (χ1) is 10.6. The lowest BCUT2D eigenvalue weighted by Crippen LogP contribution is -2.47. The average molecular weight is 329 g/mol. The number of amides is 2. The van der Waals surface area contributed by atoms with E-state index in [1.54, 1.807) is 4.90 Å². The highest BCUT2D eigenvalue weighted by atomic mass is 35.5. The zero-order valence-corrected chi connectivity index (χ0v) is 12.6. The summed E-state index contributed by atoms with van der Waals surface area (Å²) in [7, 11) is 0. The molecule has 1 aromatic rings. The van der Waals surface area contributed by atoms with Crippen molar-refractivity contribution in [3.8, 4) is 0 Å². The van der Waals surface area contributed by atoms with Gasteiger partial charge < -0.3 is 15.0 Å². The molecular formula is C13H17ClN4O4. The van der Waals surface area contributed by atoms with Gasteiger partial charge in [0.15, 0.2) is 0 Å². The number of ether oxygens (including phenoxy) is 1. The molecule has 1 aliphatic rings. The van der Waals surface area contributed by atoms with Crippen LogP contribution in [0.1, 0.15) is 23.3 Å². The van der Waals surface area contributed by atoms with Gasteiger partial charge in [-0.05, 0) is 18.9 Å². The van der Waals surface area contributed by atoms with Crippen LogP contribution in [-0.2, 0) is 4.74 Å². The molecule has 0 unspecified atom stereocenters. The summed E-state index contributed by atoms with van der Waals surface area (Å²) in [5, 5.41) is 8.70. The van der Waals surface area contributed by atoms with Crippen LogP contribution in [0.5, 0.6) is 0 Å². The summed E-state index contributed by atoms with van der Waals surface area (Å²) < 4.78 is 4.84. The summed E-state index contributed by atoms with van der Waals surface area (Å²) in [5.41, 5.74) is -0.151. The SMILES string of the molecule is O=C(NC1CCN(C(=O)c2ccc(=O)[nH]n2)CC1)OCCCl. The predicted octanol–water partition coefficient (Wildman–Crippen LogP) is 0.339. The van der Waals surface area contributed by atoms with Crippen LogP contribution in [-0.4, -0.2) is 58.7 Å². The quantitative estimate of drug-likeness (QED) is 0.775. The Morgan fingerprint density at radius 3 is 2.73 bits per heavy atom. The number of carbonyl (C=O) groups is 2. The Kier molecular flexibility index (Phi) is 5.76. The van der Waals surface area contributed by atoms with E-state index in [4.69, 9.17) is 16.3 Å². The lowest BCUT2D eigenvalue weighted by atomic mass is 10.0. The molecule has 8 nitrogen and oxygen atoms in total. The first-order valence-electron chi connectivity index (χ1n) is 6.94. The average Bonchev–Trinajstić information content (AvgIpc) is 2.54. The highest BCUT2D eigenvalue weighted by Gasteiger charge is 2.25. The van der Waals surface area contributed by atoms with E-state index < -0.39 is 6.09 Å². The Balaban J connectivity index is 1.81. The fraction of sp³-hybridized carbons (Fsp3) is 0.538. The highest BCUT2D eigenvalue weighted by Crippen LogP contribution is 2.12. The van der Waals surface area contributed by atoms with Crippen molar-refractivity contribution in [2.45, 2.75) is 18.9 Å². The molecule has 0 radical (unpaired) electrons. The van der Waals surface area contributed by atoms with Crippen molar-refractivity contribution >= 4 is 23.6 Å². The predicted molar refractivity (Wildman–Crippen MR) is 79.0 cm³/mol. The molecule has 9 heteroatoms. The topological polar surface area (TPSA) is 104 Å². The van der Waals surface area contributed by atoms with Crippen molar-refractivity contribution in [2.24, 2.45) is 0 Å². The van der Waals surface area contributed by atoms with Crippen LogP contribution in [0.15, 0.2) is 16.9 Å². The number of nitrogens with one attached hydrogen (secondary N) is 2. The van der Waals surface area contributed by atoms with E-state index in [1.165, 1.54) is 12.1 Å². The molecule has 120 valence electrons. The maximum absolute atomic E-state index is 12.2. The molecule has 0 aliphatic carbocycles. The number of H-pyrrole nitrogens is 1. The summed E-state index contributed by atoms with van der Waals surface area (Å²) in [6, 6.07) is 2.63. The number of likely N-dealkylation sites (tertiary alicyclic amines) is 1. The molecule has 0 saturated carbocycles. The Labute approximate surface area is 131 Å². The number of hydrogen-bond acceptors (Lipinski definition) is 5. The zero-order chi connectivity index (χ0) is 15.9. The van der Waals surface area contributed by atoms with Gasteiger partial charge in [0.2, 0.25) is 0 Å². The third kappa shape index (κ3) is 4.45.